The minimum Gasteiger partial charge on any atom is -0.333 e. The van der Waals surface area contributed by atoms with Gasteiger partial charge in [-0.2, -0.15) is 13.2 Å². The van der Waals surface area contributed by atoms with Gasteiger partial charge >= 0.3 is 11.9 Å². The van der Waals surface area contributed by atoms with Crippen LogP contribution in [0.3, 0.4) is 0 Å². The van der Waals surface area contributed by atoms with E-state index in [4.69, 9.17) is 0 Å². The van der Waals surface area contributed by atoms with Gasteiger partial charge in [-0.15, -0.1) is 0 Å². The van der Waals surface area contributed by atoms with Crippen LogP contribution in [0.2, 0.25) is 0 Å². The lowest BCUT2D eigenvalue weighted by Crippen LogP contribution is -2.39. The highest BCUT2D eigenvalue weighted by Gasteiger charge is 2.29. The molecule has 0 radical (unpaired) electrons. The van der Waals surface area contributed by atoms with Gasteiger partial charge < -0.3 is 4.98 Å². The molecule has 0 saturated carbocycles. The van der Waals surface area contributed by atoms with Crippen LogP contribution in [0.25, 0.3) is 23.3 Å². The third-order valence-corrected chi connectivity index (χ3v) is 4.18. The molecule has 0 aliphatic carbocycles. The highest BCUT2D eigenvalue weighted by atomic mass is 19.4. The topological polar surface area (TPSA) is 72.7 Å². The lowest BCUT2D eigenvalue weighted by molar-refractivity contribution is -0.137. The quantitative estimate of drug-likeness (QED) is 0.758. The molecule has 0 fully saturated rings. The molecule has 2 heterocycles. The molecule has 0 saturated heterocycles. The van der Waals surface area contributed by atoms with Crippen molar-refractivity contribution in [3.63, 3.8) is 0 Å². The van der Waals surface area contributed by atoms with E-state index in [1.165, 1.54) is 16.7 Å². The van der Waals surface area contributed by atoms with Gasteiger partial charge in [-0.05, 0) is 37.6 Å². The van der Waals surface area contributed by atoms with Crippen molar-refractivity contribution in [2.75, 3.05) is 0 Å². The summed E-state index contributed by atoms with van der Waals surface area (Å²) in [5.74, 6) is 0.331. The Bertz CT molecular complexity index is 1120. The summed E-state index contributed by atoms with van der Waals surface area (Å²) >= 11 is 0. The molecule has 0 unspecified atom stereocenters. The Labute approximate surface area is 151 Å². The van der Waals surface area contributed by atoms with E-state index in [0.717, 1.165) is 16.7 Å². The molecule has 142 valence electrons. The Morgan fingerprint density at radius 1 is 1.04 bits per heavy atom. The molecule has 0 atom stereocenters. The SMILES string of the molecule is CCn1c(=O)c2[nH]c(C=Cc3ccc(C(F)(F)F)cc3)nc2n(CC)c1=O. The van der Waals surface area contributed by atoms with Crippen LogP contribution in [-0.2, 0) is 19.3 Å². The van der Waals surface area contributed by atoms with Gasteiger partial charge in [-0.3, -0.25) is 13.9 Å². The Morgan fingerprint density at radius 3 is 2.22 bits per heavy atom. The predicted octanol–water partition coefficient (Wildman–Crippen LogP) is 3.12. The van der Waals surface area contributed by atoms with Crippen LogP contribution in [-0.4, -0.2) is 19.1 Å². The first kappa shape index (κ1) is 18.7. The number of benzene rings is 1. The first-order valence-electron chi connectivity index (χ1n) is 8.35. The maximum Gasteiger partial charge on any atom is 0.416 e. The van der Waals surface area contributed by atoms with E-state index in [1.807, 2.05) is 0 Å². The number of hydrogen-bond acceptors (Lipinski definition) is 3. The number of rotatable bonds is 4. The number of nitrogens with one attached hydrogen (secondary N) is 1. The van der Waals surface area contributed by atoms with Crippen LogP contribution >= 0.6 is 0 Å². The summed E-state index contributed by atoms with van der Waals surface area (Å²) in [7, 11) is 0. The average Bonchev–Trinajstić information content (AvgIpc) is 3.05. The number of H-pyrrole nitrogens is 1. The van der Waals surface area contributed by atoms with Crippen molar-refractivity contribution in [2.24, 2.45) is 0 Å². The fourth-order valence-corrected chi connectivity index (χ4v) is 2.79. The summed E-state index contributed by atoms with van der Waals surface area (Å²) < 4.78 is 40.3. The van der Waals surface area contributed by atoms with Crippen LogP contribution in [0, 0.1) is 0 Å². The molecule has 27 heavy (non-hydrogen) atoms. The monoisotopic (exact) mass is 378 g/mol. The molecule has 0 spiro atoms. The van der Waals surface area contributed by atoms with Gasteiger partial charge in [0.05, 0.1) is 5.56 Å². The maximum absolute atomic E-state index is 12.6. The van der Waals surface area contributed by atoms with E-state index in [9.17, 15) is 22.8 Å². The zero-order valence-corrected chi connectivity index (χ0v) is 14.7. The van der Waals surface area contributed by atoms with Crippen molar-refractivity contribution in [3.8, 4) is 0 Å². The normalized spacial score (nSPS) is 12.3. The van der Waals surface area contributed by atoms with Crippen molar-refractivity contribution in [2.45, 2.75) is 33.1 Å². The van der Waals surface area contributed by atoms with Gasteiger partial charge in [-0.25, -0.2) is 9.78 Å². The van der Waals surface area contributed by atoms with Crippen molar-refractivity contribution in [1.82, 2.24) is 19.1 Å². The zero-order valence-electron chi connectivity index (χ0n) is 14.7. The molecule has 2 aromatic heterocycles. The second-order valence-corrected chi connectivity index (χ2v) is 5.85. The molecular formula is C18H17F3N4O2. The number of halogens is 3. The first-order valence-corrected chi connectivity index (χ1v) is 8.35. The number of hydrogen-bond donors (Lipinski definition) is 1. The molecule has 1 aromatic carbocycles. The standard InChI is InChI=1S/C18H17F3N4O2/c1-3-24-15-14(16(26)25(4-2)17(24)27)22-13(23-15)10-7-11-5-8-12(9-6-11)18(19,20)21/h5-10H,3-4H2,1-2H3,(H,22,23). The lowest BCUT2D eigenvalue weighted by Gasteiger charge is -2.06. The summed E-state index contributed by atoms with van der Waals surface area (Å²) in [6, 6.07) is 4.67. The second kappa shape index (κ2) is 6.90. The number of fused-ring (bicyclic) bond motifs is 1. The second-order valence-electron chi connectivity index (χ2n) is 5.85. The van der Waals surface area contributed by atoms with Gasteiger partial charge in [0.15, 0.2) is 5.65 Å². The Kier molecular flexibility index (Phi) is 4.77. The summed E-state index contributed by atoms with van der Waals surface area (Å²) in [4.78, 5) is 31.9. The Morgan fingerprint density at radius 2 is 1.67 bits per heavy atom. The average molecular weight is 378 g/mol. The van der Waals surface area contributed by atoms with E-state index in [2.05, 4.69) is 9.97 Å². The van der Waals surface area contributed by atoms with Crippen molar-refractivity contribution in [3.05, 3.63) is 62.1 Å². The van der Waals surface area contributed by atoms with Gasteiger partial charge in [-0.1, -0.05) is 18.2 Å². The maximum atomic E-state index is 12.6. The summed E-state index contributed by atoms with van der Waals surface area (Å²) in [6.07, 6.45) is -1.27. The fourth-order valence-electron chi connectivity index (χ4n) is 2.79. The molecule has 1 N–H and O–H groups in total. The van der Waals surface area contributed by atoms with E-state index in [-0.39, 0.29) is 17.7 Å². The third kappa shape index (κ3) is 3.44. The minimum atomic E-state index is -4.38. The number of aromatic nitrogens is 4. The number of nitrogens with zero attached hydrogens (tertiary/aromatic N) is 3. The summed E-state index contributed by atoms with van der Waals surface area (Å²) in [5, 5.41) is 0. The number of aromatic amines is 1. The molecule has 0 aliphatic rings. The van der Waals surface area contributed by atoms with Gasteiger partial charge in [0.1, 0.15) is 11.3 Å². The van der Waals surface area contributed by atoms with Gasteiger partial charge in [0.25, 0.3) is 5.56 Å². The van der Waals surface area contributed by atoms with Gasteiger partial charge in [0.2, 0.25) is 0 Å². The van der Waals surface area contributed by atoms with Crippen LogP contribution in [0.15, 0.2) is 33.9 Å². The third-order valence-electron chi connectivity index (χ3n) is 4.18. The molecule has 3 rings (SSSR count). The van der Waals surface area contributed by atoms with E-state index < -0.39 is 23.0 Å². The van der Waals surface area contributed by atoms with E-state index in [1.54, 1.807) is 26.0 Å². The largest absolute Gasteiger partial charge is 0.416 e. The van der Waals surface area contributed by atoms with Crippen LogP contribution in [0.5, 0.6) is 0 Å². The van der Waals surface area contributed by atoms with Crippen LogP contribution in [0.1, 0.15) is 30.8 Å². The van der Waals surface area contributed by atoms with E-state index in [0.29, 0.717) is 17.9 Å². The lowest BCUT2D eigenvalue weighted by atomic mass is 10.1. The summed E-state index contributed by atoms with van der Waals surface area (Å²) in [6.45, 7) is 4.07. The number of aryl methyl sites for hydroxylation is 1. The molecular weight excluding hydrogens is 361 g/mol. The minimum absolute atomic E-state index is 0.213. The van der Waals surface area contributed by atoms with Crippen molar-refractivity contribution in [1.29, 1.82) is 0 Å². The van der Waals surface area contributed by atoms with Crippen LogP contribution in [0.4, 0.5) is 13.2 Å². The first-order chi connectivity index (χ1) is 12.8. The number of imidazole rings is 1. The Hall–Kier alpha value is -3.10. The number of alkyl halides is 3. The molecule has 3 aromatic rings. The van der Waals surface area contributed by atoms with Crippen molar-refractivity contribution >= 4 is 23.3 Å². The molecule has 0 aliphatic heterocycles. The molecule has 0 bridgehead atoms. The highest BCUT2D eigenvalue weighted by Crippen LogP contribution is 2.29. The van der Waals surface area contributed by atoms with Gasteiger partial charge in [0, 0.05) is 13.1 Å². The molecule has 9 heteroatoms. The molecule has 6 nitrogen and oxygen atoms in total. The molecule has 0 amide bonds. The summed E-state index contributed by atoms with van der Waals surface area (Å²) in [5.41, 5.74) is -0.599. The fraction of sp³-hybridized carbons (Fsp3) is 0.278. The predicted molar refractivity (Wildman–Crippen MR) is 96.3 cm³/mol. The highest BCUT2D eigenvalue weighted by molar-refractivity contribution is 5.75. The van der Waals surface area contributed by atoms with Crippen LogP contribution < -0.4 is 11.2 Å². The zero-order chi connectivity index (χ0) is 19.8. The van der Waals surface area contributed by atoms with Crippen molar-refractivity contribution < 1.29 is 13.2 Å². The smallest absolute Gasteiger partial charge is 0.333 e. The Balaban J connectivity index is 2.01. The van der Waals surface area contributed by atoms with E-state index >= 15 is 0 Å².